The van der Waals surface area contributed by atoms with E-state index in [0.29, 0.717) is 10.6 Å². The second kappa shape index (κ2) is 11.7. The number of benzene rings is 1. The van der Waals surface area contributed by atoms with Gasteiger partial charge in [0.15, 0.2) is 0 Å². The fourth-order valence-electron chi connectivity index (χ4n) is 2.48. The van der Waals surface area contributed by atoms with Crippen molar-refractivity contribution < 1.29 is 19.0 Å². The monoisotopic (exact) mass is 355 g/mol. The van der Waals surface area contributed by atoms with E-state index in [4.69, 9.17) is 5.11 Å². The van der Waals surface area contributed by atoms with Gasteiger partial charge in [0.2, 0.25) is 0 Å². The minimum absolute atomic E-state index is 0.0720. The van der Waals surface area contributed by atoms with E-state index < -0.39 is 21.7 Å². The van der Waals surface area contributed by atoms with Gasteiger partial charge in [-0.1, -0.05) is 50.7 Å². The molecule has 0 heterocycles. The lowest BCUT2D eigenvalue weighted by atomic mass is 10.1. The molecule has 0 bridgehead atoms. The van der Waals surface area contributed by atoms with Crippen molar-refractivity contribution in [3.05, 3.63) is 34.4 Å². The molecule has 134 valence electrons. The first-order valence-corrected chi connectivity index (χ1v) is 9.68. The Balaban J connectivity index is 2.12. The molecule has 24 heavy (non-hydrogen) atoms. The number of hydrogen-bond donors (Lipinski definition) is 1. The van der Waals surface area contributed by atoms with E-state index in [9.17, 15) is 19.1 Å². The van der Waals surface area contributed by atoms with Gasteiger partial charge >= 0.3 is 5.97 Å². The fourth-order valence-corrected chi connectivity index (χ4v) is 3.77. The molecule has 0 aromatic heterocycles. The zero-order valence-corrected chi connectivity index (χ0v) is 14.6. The molecule has 6 nitrogen and oxygen atoms in total. The largest absolute Gasteiger partial charge is 0.481 e. The van der Waals surface area contributed by atoms with Crippen LogP contribution in [0.1, 0.15) is 57.8 Å². The van der Waals surface area contributed by atoms with E-state index in [1.54, 1.807) is 18.2 Å². The van der Waals surface area contributed by atoms with Crippen LogP contribution in [0.4, 0.5) is 5.69 Å². The summed E-state index contributed by atoms with van der Waals surface area (Å²) in [4.78, 5) is 21.1. The smallest absolute Gasteiger partial charge is 0.303 e. The topological polar surface area (TPSA) is 97.5 Å². The molecular formula is C17H25NO5S. The molecule has 1 unspecified atom stereocenters. The van der Waals surface area contributed by atoms with Crippen molar-refractivity contribution in [2.45, 2.75) is 62.7 Å². The summed E-state index contributed by atoms with van der Waals surface area (Å²) in [5, 5.41) is 19.5. The highest BCUT2D eigenvalue weighted by Crippen LogP contribution is 2.22. The van der Waals surface area contributed by atoms with Crippen LogP contribution >= 0.6 is 0 Å². The molecule has 1 rings (SSSR count). The van der Waals surface area contributed by atoms with Crippen LogP contribution in [0.5, 0.6) is 0 Å². The molecule has 0 saturated heterocycles. The van der Waals surface area contributed by atoms with Crippen LogP contribution in [-0.4, -0.2) is 26.0 Å². The SMILES string of the molecule is O=C(O)CCCCCCCCCCS(=O)c1ccccc1[N+](=O)[O-]. The third-order valence-corrected chi connectivity index (χ3v) is 5.27. The predicted octanol–water partition coefficient (Wildman–Crippen LogP) is 4.30. The summed E-state index contributed by atoms with van der Waals surface area (Å²) in [6.07, 6.45) is 7.97. The third-order valence-electron chi connectivity index (χ3n) is 3.78. The van der Waals surface area contributed by atoms with E-state index in [1.807, 2.05) is 0 Å². The summed E-state index contributed by atoms with van der Waals surface area (Å²) in [5.41, 5.74) is -0.0720. The summed E-state index contributed by atoms with van der Waals surface area (Å²) in [7, 11) is -1.33. The van der Waals surface area contributed by atoms with Gasteiger partial charge in [0.1, 0.15) is 4.90 Å². The predicted molar refractivity (Wildman–Crippen MR) is 93.6 cm³/mol. The Labute approximate surface area is 144 Å². The summed E-state index contributed by atoms with van der Waals surface area (Å²) < 4.78 is 12.2. The molecule has 0 amide bonds. The van der Waals surface area contributed by atoms with Crippen molar-refractivity contribution in [1.29, 1.82) is 0 Å². The molecule has 0 radical (unpaired) electrons. The Morgan fingerprint density at radius 2 is 1.54 bits per heavy atom. The maximum Gasteiger partial charge on any atom is 0.303 e. The number of aliphatic carboxylic acids is 1. The molecule has 0 aliphatic carbocycles. The van der Waals surface area contributed by atoms with Crippen molar-refractivity contribution >= 4 is 22.5 Å². The molecule has 1 N–H and O–H groups in total. The van der Waals surface area contributed by atoms with Gasteiger partial charge in [0.05, 0.1) is 15.7 Å². The maximum atomic E-state index is 12.2. The highest BCUT2D eigenvalue weighted by atomic mass is 32.2. The average Bonchev–Trinajstić information content (AvgIpc) is 2.56. The van der Waals surface area contributed by atoms with Gasteiger partial charge in [-0.3, -0.25) is 19.1 Å². The van der Waals surface area contributed by atoms with Gasteiger partial charge in [-0.15, -0.1) is 0 Å². The fraction of sp³-hybridized carbons (Fsp3) is 0.588. The Morgan fingerprint density at radius 1 is 1.00 bits per heavy atom. The first-order valence-electron chi connectivity index (χ1n) is 8.36. The normalized spacial score (nSPS) is 12.0. The first kappa shape index (κ1) is 20.3. The van der Waals surface area contributed by atoms with E-state index in [2.05, 4.69) is 0 Å². The van der Waals surface area contributed by atoms with Crippen LogP contribution in [0.3, 0.4) is 0 Å². The van der Waals surface area contributed by atoms with Crippen LogP contribution in [0.25, 0.3) is 0 Å². The molecule has 7 heteroatoms. The summed E-state index contributed by atoms with van der Waals surface area (Å²) in [5.74, 6) is -0.287. The minimum atomic E-state index is -1.33. The van der Waals surface area contributed by atoms with Crippen molar-refractivity contribution in [3.63, 3.8) is 0 Å². The molecule has 0 aliphatic heterocycles. The number of nitro benzene ring substituents is 1. The van der Waals surface area contributed by atoms with E-state index in [-0.39, 0.29) is 12.1 Å². The minimum Gasteiger partial charge on any atom is -0.481 e. The number of carboxylic acid groups (broad SMARTS) is 1. The number of carbonyl (C=O) groups is 1. The van der Waals surface area contributed by atoms with Crippen molar-refractivity contribution in [2.75, 3.05) is 5.75 Å². The molecule has 0 saturated carbocycles. The Kier molecular flexibility index (Phi) is 9.91. The molecular weight excluding hydrogens is 330 g/mol. The molecule has 0 spiro atoms. The molecule has 1 aromatic rings. The van der Waals surface area contributed by atoms with Gasteiger partial charge in [-0.05, 0) is 18.9 Å². The molecule has 1 atom stereocenters. The van der Waals surface area contributed by atoms with Gasteiger partial charge in [-0.25, -0.2) is 0 Å². The van der Waals surface area contributed by atoms with E-state index in [0.717, 1.165) is 51.4 Å². The van der Waals surface area contributed by atoms with Gasteiger partial charge in [0.25, 0.3) is 5.69 Å². The summed E-state index contributed by atoms with van der Waals surface area (Å²) in [6.45, 7) is 0. The summed E-state index contributed by atoms with van der Waals surface area (Å²) >= 11 is 0. The van der Waals surface area contributed by atoms with Crippen LogP contribution in [0, 0.1) is 10.1 Å². The molecule has 0 aliphatic rings. The van der Waals surface area contributed by atoms with Crippen LogP contribution in [0.2, 0.25) is 0 Å². The van der Waals surface area contributed by atoms with Crippen molar-refractivity contribution in [2.24, 2.45) is 0 Å². The number of carboxylic acids is 1. The maximum absolute atomic E-state index is 12.2. The molecule has 0 fully saturated rings. The second-order valence-electron chi connectivity index (χ2n) is 5.75. The Bertz CT molecular complexity index is 562. The first-order chi connectivity index (χ1) is 11.5. The average molecular weight is 355 g/mol. The van der Waals surface area contributed by atoms with Crippen molar-refractivity contribution in [3.8, 4) is 0 Å². The highest BCUT2D eigenvalue weighted by Gasteiger charge is 2.17. The van der Waals surface area contributed by atoms with E-state index >= 15 is 0 Å². The number of hydrogen-bond acceptors (Lipinski definition) is 4. The summed E-state index contributed by atoms with van der Waals surface area (Å²) in [6, 6.07) is 6.20. The lowest BCUT2D eigenvalue weighted by Crippen LogP contribution is -2.02. The van der Waals surface area contributed by atoms with Crippen molar-refractivity contribution in [1.82, 2.24) is 0 Å². The molecule has 1 aromatic carbocycles. The zero-order valence-electron chi connectivity index (χ0n) is 13.8. The Morgan fingerprint density at radius 3 is 2.12 bits per heavy atom. The number of nitro groups is 1. The van der Waals surface area contributed by atoms with Crippen LogP contribution < -0.4 is 0 Å². The van der Waals surface area contributed by atoms with Crippen LogP contribution in [-0.2, 0) is 15.6 Å². The van der Waals surface area contributed by atoms with Gasteiger partial charge < -0.3 is 5.11 Å². The number of para-hydroxylation sites is 1. The van der Waals surface area contributed by atoms with Crippen LogP contribution in [0.15, 0.2) is 29.2 Å². The second-order valence-corrected chi connectivity index (χ2v) is 7.29. The van der Waals surface area contributed by atoms with E-state index in [1.165, 1.54) is 6.07 Å². The lowest BCUT2D eigenvalue weighted by molar-refractivity contribution is -0.387. The quantitative estimate of drug-likeness (QED) is 0.323. The van der Waals surface area contributed by atoms with Gasteiger partial charge in [-0.2, -0.15) is 0 Å². The third kappa shape index (κ3) is 8.19. The number of nitrogens with zero attached hydrogens (tertiary/aromatic N) is 1. The lowest BCUT2D eigenvalue weighted by Gasteiger charge is -2.04. The number of rotatable bonds is 13. The Hall–Kier alpha value is -1.76. The highest BCUT2D eigenvalue weighted by molar-refractivity contribution is 7.85. The van der Waals surface area contributed by atoms with Gasteiger partial charge in [0, 0.05) is 18.2 Å². The zero-order chi connectivity index (χ0) is 17.8. The number of unbranched alkanes of at least 4 members (excludes halogenated alkanes) is 7. The standard InChI is InChI=1S/C17H25NO5S/c19-17(20)13-7-5-3-1-2-4-6-10-14-24(23)16-12-9-8-11-15(16)18(21)22/h8-9,11-12H,1-7,10,13-14H2,(H,19,20).